The lowest BCUT2D eigenvalue weighted by molar-refractivity contribution is 0.0926. The van der Waals surface area contributed by atoms with Crippen LogP contribution in [0.4, 0.5) is 0 Å². The van der Waals surface area contributed by atoms with Crippen LogP contribution >= 0.6 is 11.6 Å². The molecule has 2 fully saturated rings. The van der Waals surface area contributed by atoms with Gasteiger partial charge in [0.2, 0.25) is 0 Å². The molecule has 1 amide bonds. The zero-order valence-corrected chi connectivity index (χ0v) is 11.7. The van der Waals surface area contributed by atoms with Gasteiger partial charge in [-0.3, -0.25) is 4.79 Å². The first kappa shape index (κ1) is 12.9. The van der Waals surface area contributed by atoms with Gasteiger partial charge in [0.15, 0.2) is 0 Å². The smallest absolute Gasteiger partial charge is 0.253 e. The number of halogens is 1. The van der Waals surface area contributed by atoms with Crippen molar-refractivity contribution in [3.05, 3.63) is 28.5 Å². The Labute approximate surface area is 118 Å². The average Bonchev–Trinajstić information content (AvgIpc) is 3.24. The van der Waals surface area contributed by atoms with Crippen LogP contribution in [0.15, 0.2) is 12.1 Å². The first-order chi connectivity index (χ1) is 9.24. The molecule has 0 aliphatic heterocycles. The molecule has 0 bridgehead atoms. The maximum Gasteiger partial charge on any atom is 0.253 e. The molecule has 1 aromatic rings. The number of hydrogen-bond acceptors (Lipinski definition) is 2. The molecule has 1 aromatic heterocycles. The summed E-state index contributed by atoms with van der Waals surface area (Å²) in [5.74, 6) is 0.462. The highest BCUT2D eigenvalue weighted by atomic mass is 35.5. The van der Waals surface area contributed by atoms with Gasteiger partial charge in [-0.05, 0) is 37.8 Å². The van der Waals surface area contributed by atoms with Crippen molar-refractivity contribution in [2.24, 2.45) is 0 Å². The second-order valence-electron chi connectivity index (χ2n) is 5.65. The monoisotopic (exact) mass is 278 g/mol. The van der Waals surface area contributed by atoms with Gasteiger partial charge in [0.05, 0.1) is 11.3 Å². The van der Waals surface area contributed by atoms with E-state index in [-0.39, 0.29) is 5.91 Å². The largest absolute Gasteiger partial charge is 0.349 e. The minimum Gasteiger partial charge on any atom is -0.349 e. The molecule has 4 heteroatoms. The van der Waals surface area contributed by atoms with Crippen LogP contribution in [0.5, 0.6) is 0 Å². The van der Waals surface area contributed by atoms with Gasteiger partial charge in [-0.25, -0.2) is 4.98 Å². The second kappa shape index (κ2) is 5.49. The van der Waals surface area contributed by atoms with Crippen LogP contribution in [0.25, 0.3) is 0 Å². The maximum absolute atomic E-state index is 12.4. The Morgan fingerprint density at radius 3 is 2.58 bits per heavy atom. The quantitative estimate of drug-likeness (QED) is 0.857. The highest BCUT2D eigenvalue weighted by Gasteiger charge is 2.30. The Morgan fingerprint density at radius 1 is 1.16 bits per heavy atom. The molecule has 0 aromatic carbocycles. The van der Waals surface area contributed by atoms with Crippen molar-refractivity contribution in [3.63, 3.8) is 0 Å². The van der Waals surface area contributed by atoms with Gasteiger partial charge in [-0.15, -0.1) is 0 Å². The number of aromatic nitrogens is 1. The zero-order valence-electron chi connectivity index (χ0n) is 11.0. The molecular weight excluding hydrogens is 260 g/mol. The lowest BCUT2D eigenvalue weighted by atomic mass is 9.95. The maximum atomic E-state index is 12.4. The van der Waals surface area contributed by atoms with Crippen molar-refractivity contribution >= 4 is 17.5 Å². The van der Waals surface area contributed by atoms with Crippen LogP contribution in [0.3, 0.4) is 0 Å². The molecule has 3 nitrogen and oxygen atoms in total. The van der Waals surface area contributed by atoms with Gasteiger partial charge < -0.3 is 5.32 Å². The molecule has 19 heavy (non-hydrogen) atoms. The summed E-state index contributed by atoms with van der Waals surface area (Å²) in [6, 6.07) is 3.87. The number of nitrogens with one attached hydrogen (secondary N) is 1. The van der Waals surface area contributed by atoms with Crippen molar-refractivity contribution in [1.29, 1.82) is 0 Å². The van der Waals surface area contributed by atoms with Crippen LogP contribution in [-0.4, -0.2) is 16.9 Å². The highest BCUT2D eigenvalue weighted by molar-refractivity contribution is 6.29. The van der Waals surface area contributed by atoms with E-state index in [0.717, 1.165) is 36.9 Å². The van der Waals surface area contributed by atoms with Crippen molar-refractivity contribution in [2.75, 3.05) is 0 Å². The summed E-state index contributed by atoms with van der Waals surface area (Å²) >= 11 is 5.94. The highest BCUT2D eigenvalue weighted by Crippen LogP contribution is 2.41. The minimum atomic E-state index is 0.0259. The molecule has 102 valence electrons. The summed E-state index contributed by atoms with van der Waals surface area (Å²) in [6.45, 7) is 0. The normalized spacial score (nSPS) is 20.3. The van der Waals surface area contributed by atoms with E-state index >= 15 is 0 Å². The van der Waals surface area contributed by atoms with E-state index < -0.39 is 0 Å². The third-order valence-electron chi connectivity index (χ3n) is 4.04. The van der Waals surface area contributed by atoms with Crippen molar-refractivity contribution < 1.29 is 4.79 Å². The molecule has 3 rings (SSSR count). The molecule has 2 aliphatic rings. The Morgan fingerprint density at radius 2 is 1.89 bits per heavy atom. The first-order valence-electron chi connectivity index (χ1n) is 7.21. The van der Waals surface area contributed by atoms with Crippen LogP contribution in [0.2, 0.25) is 5.15 Å². The number of nitrogens with zero attached hydrogens (tertiary/aromatic N) is 1. The SMILES string of the molecule is O=C(NC1CCCCC1)c1ccc(Cl)nc1C1CC1. The van der Waals surface area contributed by atoms with E-state index in [0.29, 0.717) is 17.1 Å². The summed E-state index contributed by atoms with van der Waals surface area (Å²) in [7, 11) is 0. The second-order valence-corrected chi connectivity index (χ2v) is 6.04. The van der Waals surface area contributed by atoms with Crippen LogP contribution in [0.1, 0.15) is 66.9 Å². The van der Waals surface area contributed by atoms with Crippen LogP contribution in [0, 0.1) is 0 Å². The number of carbonyl (C=O) groups is 1. The minimum absolute atomic E-state index is 0.0259. The first-order valence-corrected chi connectivity index (χ1v) is 7.59. The van der Waals surface area contributed by atoms with E-state index in [2.05, 4.69) is 10.3 Å². The number of pyridine rings is 1. The average molecular weight is 279 g/mol. The van der Waals surface area contributed by atoms with Crippen molar-refractivity contribution in [1.82, 2.24) is 10.3 Å². The summed E-state index contributed by atoms with van der Waals surface area (Å²) in [4.78, 5) is 16.7. The molecule has 0 spiro atoms. The fourth-order valence-electron chi connectivity index (χ4n) is 2.82. The van der Waals surface area contributed by atoms with E-state index in [1.54, 1.807) is 6.07 Å². The number of rotatable bonds is 3. The van der Waals surface area contributed by atoms with Crippen molar-refractivity contribution in [2.45, 2.75) is 56.9 Å². The fourth-order valence-corrected chi connectivity index (χ4v) is 2.97. The van der Waals surface area contributed by atoms with Crippen LogP contribution < -0.4 is 5.32 Å². The Balaban J connectivity index is 1.75. The van der Waals surface area contributed by atoms with E-state index in [1.807, 2.05) is 6.07 Å². The lowest BCUT2D eigenvalue weighted by Gasteiger charge is -2.23. The van der Waals surface area contributed by atoms with E-state index in [1.165, 1.54) is 19.3 Å². The van der Waals surface area contributed by atoms with Gasteiger partial charge in [-0.2, -0.15) is 0 Å². The van der Waals surface area contributed by atoms with Gasteiger partial charge in [0.25, 0.3) is 5.91 Å². The van der Waals surface area contributed by atoms with E-state index in [4.69, 9.17) is 11.6 Å². The zero-order chi connectivity index (χ0) is 13.2. The van der Waals surface area contributed by atoms with Crippen molar-refractivity contribution in [3.8, 4) is 0 Å². The Kier molecular flexibility index (Phi) is 3.74. The molecule has 0 unspecified atom stereocenters. The van der Waals surface area contributed by atoms with E-state index in [9.17, 15) is 4.79 Å². The van der Waals surface area contributed by atoms with Gasteiger partial charge in [0, 0.05) is 12.0 Å². The number of carbonyl (C=O) groups excluding carboxylic acids is 1. The summed E-state index contributed by atoms with van der Waals surface area (Å²) in [5.41, 5.74) is 1.61. The molecule has 0 atom stereocenters. The van der Waals surface area contributed by atoms with Gasteiger partial charge >= 0.3 is 0 Å². The molecule has 0 radical (unpaired) electrons. The standard InChI is InChI=1S/C15H19ClN2O/c16-13-9-8-12(14(18-13)10-6-7-10)15(19)17-11-4-2-1-3-5-11/h8-11H,1-7H2,(H,17,19). The molecule has 0 saturated heterocycles. The predicted octanol–water partition coefficient (Wildman–Crippen LogP) is 3.67. The topological polar surface area (TPSA) is 42.0 Å². The molecule has 2 aliphatic carbocycles. The number of amides is 1. The summed E-state index contributed by atoms with van der Waals surface area (Å²) in [6.07, 6.45) is 8.19. The van der Waals surface area contributed by atoms with Gasteiger partial charge in [-0.1, -0.05) is 30.9 Å². The van der Waals surface area contributed by atoms with Gasteiger partial charge in [0.1, 0.15) is 5.15 Å². The number of hydrogen-bond donors (Lipinski definition) is 1. The third kappa shape index (κ3) is 3.08. The molecule has 1 N–H and O–H groups in total. The fraction of sp³-hybridized carbons (Fsp3) is 0.600. The summed E-state index contributed by atoms with van der Waals surface area (Å²) < 4.78 is 0. The lowest BCUT2D eigenvalue weighted by Crippen LogP contribution is -2.36. The molecular formula is C15H19ClN2O. The molecule has 2 saturated carbocycles. The predicted molar refractivity (Wildman–Crippen MR) is 75.6 cm³/mol. The molecule has 1 heterocycles. The third-order valence-corrected chi connectivity index (χ3v) is 4.25. The Hall–Kier alpha value is -1.09. The Bertz CT molecular complexity index is 479. The summed E-state index contributed by atoms with van der Waals surface area (Å²) in [5, 5.41) is 3.64. The van der Waals surface area contributed by atoms with Crippen LogP contribution in [-0.2, 0) is 0 Å².